The van der Waals surface area contributed by atoms with E-state index in [2.05, 4.69) is 108 Å². The van der Waals surface area contributed by atoms with E-state index < -0.39 is 0 Å². The third-order valence-corrected chi connectivity index (χ3v) is 8.65. The molecule has 47 heavy (non-hydrogen) atoms. The first-order chi connectivity index (χ1) is 22.0. The summed E-state index contributed by atoms with van der Waals surface area (Å²) in [5.41, 5.74) is 14.7. The molecule has 0 unspecified atom stereocenters. The van der Waals surface area contributed by atoms with Crippen molar-refractivity contribution in [1.82, 2.24) is 9.97 Å². The van der Waals surface area contributed by atoms with E-state index in [1.54, 1.807) is 12.4 Å². The van der Waals surface area contributed by atoms with Crippen LogP contribution in [0.4, 0.5) is 0 Å². The molecular weight excluding hydrogens is 938 g/mol. The topological polar surface area (TPSA) is 25.8 Å². The van der Waals surface area contributed by atoms with Gasteiger partial charge in [0.1, 0.15) is 0 Å². The van der Waals surface area contributed by atoms with Gasteiger partial charge < -0.3 is 12.8 Å². The average molecular weight is 971 g/mol. The van der Waals surface area contributed by atoms with Crippen LogP contribution in [-0.2, 0) is 63.0 Å². The van der Waals surface area contributed by atoms with Crippen LogP contribution >= 0.6 is 0 Å². The van der Waals surface area contributed by atoms with Gasteiger partial charge in [-0.15, -0.1) is 35.4 Å². The molecule has 0 saturated heterocycles. The summed E-state index contributed by atoms with van der Waals surface area (Å²) in [6.45, 7) is 4.36. The maximum Gasteiger partial charge on any atom is 1.00 e. The molecule has 2 aliphatic rings. The van der Waals surface area contributed by atoms with Crippen molar-refractivity contribution >= 4 is 0 Å². The first-order valence-electron chi connectivity index (χ1n) is 15.1. The van der Waals surface area contributed by atoms with Gasteiger partial charge in [0.2, 0.25) is 0 Å². The van der Waals surface area contributed by atoms with Crippen molar-refractivity contribution in [1.29, 1.82) is 0 Å². The van der Waals surface area contributed by atoms with Gasteiger partial charge in [-0.25, -0.2) is 0 Å². The summed E-state index contributed by atoms with van der Waals surface area (Å²) in [4.78, 5) is 8.31. The first-order valence-corrected chi connectivity index (χ1v) is 15.1. The number of nitrogens with zero attached hydrogens (tertiary/aromatic N) is 2. The minimum absolute atomic E-state index is 0. The Hall–Kier alpha value is -4.22. The van der Waals surface area contributed by atoms with E-state index >= 15 is 0 Å². The van der Waals surface area contributed by atoms with Crippen molar-refractivity contribution in [2.45, 2.75) is 32.1 Å². The fraction of sp³-hybridized carbons (Fsp3) is 0.116. The van der Waals surface area contributed by atoms with Crippen molar-refractivity contribution in [3.63, 3.8) is 0 Å². The Kier molecular flexibility index (Phi) is 12.2. The summed E-state index contributed by atoms with van der Waals surface area (Å²) in [7, 11) is 0. The molecule has 2 heterocycles. The molecule has 2 aromatic heterocycles. The van der Waals surface area contributed by atoms with Crippen LogP contribution in [0.15, 0.2) is 134 Å². The Morgan fingerprint density at radius 1 is 0.511 bits per heavy atom. The monoisotopic (exact) mass is 970 g/mol. The molecule has 2 aliphatic carbocycles. The van der Waals surface area contributed by atoms with Crippen molar-refractivity contribution < 1.29 is 44.8 Å². The van der Waals surface area contributed by atoms with Crippen LogP contribution < -0.4 is 0 Å². The smallest absolute Gasteiger partial charge is 0.366 e. The average Bonchev–Trinajstić information content (AvgIpc) is 3.67. The quantitative estimate of drug-likeness (QED) is 0.0983. The summed E-state index contributed by atoms with van der Waals surface area (Å²) < 4.78 is 0. The molecule has 0 aliphatic heterocycles. The van der Waals surface area contributed by atoms with Gasteiger partial charge >= 0.3 is 44.8 Å². The van der Waals surface area contributed by atoms with Crippen molar-refractivity contribution in [2.24, 2.45) is 0 Å². The molecular formula is C43H32Au2N2. The van der Waals surface area contributed by atoms with Crippen LogP contribution in [0.1, 0.15) is 58.4 Å². The van der Waals surface area contributed by atoms with Crippen molar-refractivity contribution in [2.75, 3.05) is 0 Å². The van der Waals surface area contributed by atoms with Crippen LogP contribution in [0.25, 0.3) is 22.3 Å². The molecule has 4 aromatic carbocycles. The SMILES string of the molecule is CC(C)(c1cccnc1)c1cccnc1.[Au+].[Au+].[C-]#Cc1ccc2c(c1)-c1ccccc1C2.[C-]#Cc1ccc2c(c1)-c1ccccc1C2. The molecule has 4 heteroatoms. The zero-order valence-corrected chi connectivity index (χ0v) is 30.4. The zero-order valence-electron chi connectivity index (χ0n) is 26.1. The molecule has 6 aromatic rings. The molecule has 0 radical (unpaired) electrons. The molecule has 0 atom stereocenters. The molecule has 0 spiro atoms. The third-order valence-electron chi connectivity index (χ3n) is 8.65. The Labute approximate surface area is 310 Å². The second kappa shape index (κ2) is 16.1. The van der Waals surface area contributed by atoms with Crippen molar-refractivity contribution in [3.05, 3.63) is 191 Å². The number of rotatable bonds is 2. The largest absolute Gasteiger partial charge is 1.00 e. The number of benzene rings is 4. The molecule has 236 valence electrons. The fourth-order valence-electron chi connectivity index (χ4n) is 6.03. The normalized spacial score (nSPS) is 11.1. The first kappa shape index (κ1) is 35.6. The number of hydrogen-bond acceptors (Lipinski definition) is 2. The number of aromatic nitrogens is 2. The maximum atomic E-state index is 7.14. The Bertz CT molecular complexity index is 1900. The van der Waals surface area contributed by atoms with Crippen LogP contribution in [0.5, 0.6) is 0 Å². The van der Waals surface area contributed by atoms with E-state index in [0.29, 0.717) is 0 Å². The van der Waals surface area contributed by atoms with E-state index in [4.69, 9.17) is 12.8 Å². The van der Waals surface area contributed by atoms with Crippen LogP contribution in [0.3, 0.4) is 0 Å². The zero-order chi connectivity index (χ0) is 31.2. The minimum atomic E-state index is -0.0392. The maximum absolute atomic E-state index is 7.14. The molecule has 8 rings (SSSR count). The predicted molar refractivity (Wildman–Crippen MR) is 182 cm³/mol. The molecule has 0 amide bonds. The van der Waals surface area contributed by atoms with Gasteiger partial charge in [0.05, 0.1) is 0 Å². The second-order valence-corrected chi connectivity index (χ2v) is 11.8. The second-order valence-electron chi connectivity index (χ2n) is 11.8. The summed E-state index contributed by atoms with van der Waals surface area (Å²) in [5, 5.41) is 0. The van der Waals surface area contributed by atoms with E-state index in [9.17, 15) is 0 Å². The Morgan fingerprint density at radius 3 is 1.30 bits per heavy atom. The molecule has 0 saturated carbocycles. The molecule has 0 bridgehead atoms. The number of fused-ring (bicyclic) bond motifs is 6. The van der Waals surface area contributed by atoms with Gasteiger partial charge in [0.15, 0.2) is 0 Å². The van der Waals surface area contributed by atoms with Crippen molar-refractivity contribution in [3.8, 4) is 34.1 Å². The van der Waals surface area contributed by atoms with Gasteiger partial charge in [0.25, 0.3) is 0 Å². The molecule has 0 fully saturated rings. The van der Waals surface area contributed by atoms with Gasteiger partial charge in [-0.05, 0) is 80.6 Å². The Morgan fingerprint density at radius 2 is 0.915 bits per heavy atom. The van der Waals surface area contributed by atoms with Crippen LogP contribution in [0, 0.1) is 24.7 Å². The number of hydrogen-bond donors (Lipinski definition) is 0. The van der Waals surface area contributed by atoms with E-state index in [0.717, 1.165) is 24.0 Å². The van der Waals surface area contributed by atoms with E-state index in [1.807, 2.05) is 48.8 Å². The summed E-state index contributed by atoms with van der Waals surface area (Å²) in [6.07, 6.45) is 23.7. The summed E-state index contributed by atoms with van der Waals surface area (Å²) >= 11 is 0. The molecule has 2 nitrogen and oxygen atoms in total. The molecule has 0 N–H and O–H groups in total. The van der Waals surface area contributed by atoms with Crippen LogP contribution in [-0.4, -0.2) is 9.97 Å². The van der Waals surface area contributed by atoms with E-state index in [1.165, 1.54) is 55.6 Å². The number of pyridine rings is 2. The van der Waals surface area contributed by atoms with Gasteiger partial charge in [-0.1, -0.05) is 86.6 Å². The Balaban J connectivity index is 0.000000156. The van der Waals surface area contributed by atoms with Crippen LogP contribution in [0.2, 0.25) is 0 Å². The predicted octanol–water partition coefficient (Wildman–Crippen LogP) is 9.19. The van der Waals surface area contributed by atoms with Gasteiger partial charge in [0, 0.05) is 30.2 Å². The van der Waals surface area contributed by atoms with Gasteiger partial charge in [-0.3, -0.25) is 21.8 Å². The fourth-order valence-corrected chi connectivity index (χ4v) is 6.03. The minimum Gasteiger partial charge on any atom is -0.366 e. The van der Waals surface area contributed by atoms with Gasteiger partial charge in [-0.2, -0.15) is 0 Å². The summed E-state index contributed by atoms with van der Waals surface area (Å²) in [6, 6.07) is 37.3. The summed E-state index contributed by atoms with van der Waals surface area (Å²) in [5.74, 6) is 4.87. The van der Waals surface area contributed by atoms with E-state index in [-0.39, 0.29) is 50.2 Å². The third kappa shape index (κ3) is 7.85. The standard InChI is InChI=1S/2C15H9.C13H14N2.2Au/c2*1-2-11-7-8-13-10-12-5-3-4-6-14(12)15(13)9-11;1-13(2,11-5-3-7-14-9-11)12-6-4-8-15-10-12;;/h2*3-9H,10H2;3-10H,1-2H3;;/q2*-1;;2*+1.